The molecule has 0 radical (unpaired) electrons. The second-order valence-corrected chi connectivity index (χ2v) is 5.67. The van der Waals surface area contributed by atoms with E-state index < -0.39 is 0 Å². The van der Waals surface area contributed by atoms with Gasteiger partial charge < -0.3 is 5.32 Å². The predicted molar refractivity (Wildman–Crippen MR) is 77.9 cm³/mol. The molecule has 0 aromatic heterocycles. The average Bonchev–Trinajstić information content (AvgIpc) is 2.22. The van der Waals surface area contributed by atoms with Gasteiger partial charge in [-0.25, -0.2) is 0 Å². The summed E-state index contributed by atoms with van der Waals surface area (Å²) >= 11 is 0. The lowest BCUT2D eigenvalue weighted by Crippen LogP contribution is -2.42. The Hall–Kier alpha value is -0.570. The van der Waals surface area contributed by atoms with E-state index in [1.54, 1.807) is 0 Å². The van der Waals surface area contributed by atoms with E-state index >= 15 is 0 Å². The van der Waals surface area contributed by atoms with Crippen LogP contribution in [0.4, 0.5) is 0 Å². The maximum absolute atomic E-state index is 4.58. The highest BCUT2D eigenvalue weighted by atomic mass is 15.2. The van der Waals surface area contributed by atoms with Crippen LogP contribution in [0.25, 0.3) is 0 Å². The van der Waals surface area contributed by atoms with E-state index in [1.807, 2.05) is 0 Å². The Bertz CT molecular complexity index is 228. The first-order chi connectivity index (χ1) is 7.81. The van der Waals surface area contributed by atoms with Gasteiger partial charge in [-0.2, -0.15) is 0 Å². The van der Waals surface area contributed by atoms with Gasteiger partial charge in [0, 0.05) is 18.1 Å². The van der Waals surface area contributed by atoms with Gasteiger partial charge in [-0.3, -0.25) is 9.89 Å². The summed E-state index contributed by atoms with van der Waals surface area (Å²) in [5.74, 6) is 1.06. The molecule has 3 nitrogen and oxygen atoms in total. The summed E-state index contributed by atoms with van der Waals surface area (Å²) in [5, 5.41) is 3.39. The summed E-state index contributed by atoms with van der Waals surface area (Å²) in [6.07, 6.45) is 1.13. The molecule has 0 fully saturated rings. The average molecular weight is 241 g/mol. The number of nitrogens with one attached hydrogen (secondary N) is 1. The predicted octanol–water partition coefficient (Wildman–Crippen LogP) is 2.91. The lowest BCUT2D eigenvalue weighted by molar-refractivity contribution is 0.150. The van der Waals surface area contributed by atoms with Crippen molar-refractivity contribution in [2.24, 2.45) is 4.99 Å². The van der Waals surface area contributed by atoms with E-state index in [-0.39, 0.29) is 5.54 Å². The van der Waals surface area contributed by atoms with Crippen LogP contribution < -0.4 is 5.32 Å². The molecular formula is C14H31N3. The van der Waals surface area contributed by atoms with Crippen LogP contribution in [0.1, 0.15) is 54.9 Å². The second-order valence-electron chi connectivity index (χ2n) is 5.67. The van der Waals surface area contributed by atoms with Crippen molar-refractivity contribution in [2.75, 3.05) is 19.6 Å². The maximum Gasteiger partial charge on any atom is 0.0934 e. The Morgan fingerprint density at radius 2 is 1.88 bits per heavy atom. The van der Waals surface area contributed by atoms with Gasteiger partial charge in [0.05, 0.1) is 12.4 Å². The Balaban J connectivity index is 4.07. The molecule has 0 saturated heterocycles. The molecule has 0 rings (SSSR count). The van der Waals surface area contributed by atoms with E-state index in [0.29, 0.717) is 6.04 Å². The third-order valence-electron chi connectivity index (χ3n) is 3.12. The molecule has 0 aliphatic rings. The summed E-state index contributed by atoms with van der Waals surface area (Å²) in [4.78, 5) is 7.03. The van der Waals surface area contributed by atoms with Gasteiger partial charge in [0.15, 0.2) is 0 Å². The Morgan fingerprint density at radius 3 is 2.29 bits per heavy atom. The Labute approximate surface area is 108 Å². The largest absolute Gasteiger partial charge is 0.372 e. The first-order valence-electron chi connectivity index (χ1n) is 6.83. The van der Waals surface area contributed by atoms with Crippen molar-refractivity contribution < 1.29 is 0 Å². The fraction of sp³-hybridized carbons (Fsp3) is 0.929. The van der Waals surface area contributed by atoms with Crippen LogP contribution in [-0.2, 0) is 0 Å². The zero-order valence-electron chi connectivity index (χ0n) is 12.8. The van der Waals surface area contributed by atoms with Crippen molar-refractivity contribution in [3.63, 3.8) is 0 Å². The van der Waals surface area contributed by atoms with Crippen LogP contribution in [0.2, 0.25) is 0 Å². The van der Waals surface area contributed by atoms with Crippen LogP contribution in [0.15, 0.2) is 4.99 Å². The third-order valence-corrected chi connectivity index (χ3v) is 3.12. The highest BCUT2D eigenvalue weighted by Gasteiger charge is 2.18. The molecule has 0 aliphatic heterocycles. The number of hydrogen-bond acceptors (Lipinski definition) is 2. The molecule has 3 heteroatoms. The summed E-state index contributed by atoms with van der Waals surface area (Å²) in [5.41, 5.74) is 0.238. The van der Waals surface area contributed by atoms with Crippen molar-refractivity contribution in [1.29, 1.82) is 0 Å². The van der Waals surface area contributed by atoms with Crippen molar-refractivity contribution in [1.82, 2.24) is 10.2 Å². The molecule has 0 heterocycles. The smallest absolute Gasteiger partial charge is 0.0934 e. The van der Waals surface area contributed by atoms with E-state index in [9.17, 15) is 0 Å². The van der Waals surface area contributed by atoms with Crippen molar-refractivity contribution in [2.45, 2.75) is 66.5 Å². The minimum Gasteiger partial charge on any atom is -0.372 e. The summed E-state index contributed by atoms with van der Waals surface area (Å²) in [6, 6.07) is 0.517. The molecule has 0 amide bonds. The Morgan fingerprint density at radius 1 is 1.29 bits per heavy atom. The van der Waals surface area contributed by atoms with Gasteiger partial charge >= 0.3 is 0 Å². The SMILES string of the molecule is CCC(C)NC(C)=NCCN(CC)C(C)(C)C. The van der Waals surface area contributed by atoms with E-state index in [2.05, 4.69) is 63.7 Å². The van der Waals surface area contributed by atoms with Crippen LogP contribution in [-0.4, -0.2) is 42.0 Å². The van der Waals surface area contributed by atoms with Crippen LogP contribution in [0, 0.1) is 0 Å². The number of amidine groups is 1. The van der Waals surface area contributed by atoms with Crippen molar-refractivity contribution >= 4 is 5.84 Å². The standard InChI is InChI=1S/C14H31N3/c1-8-12(3)16-13(4)15-10-11-17(9-2)14(5,6)7/h12H,8-11H2,1-7H3,(H,15,16). The number of likely N-dealkylation sites (N-methyl/N-ethyl adjacent to an activating group) is 1. The molecule has 17 heavy (non-hydrogen) atoms. The molecule has 102 valence electrons. The Kier molecular flexibility index (Phi) is 7.44. The van der Waals surface area contributed by atoms with Gasteiger partial charge in [0.2, 0.25) is 0 Å². The van der Waals surface area contributed by atoms with Crippen molar-refractivity contribution in [3.8, 4) is 0 Å². The lowest BCUT2D eigenvalue weighted by Gasteiger charge is -2.34. The molecule has 0 aromatic rings. The zero-order chi connectivity index (χ0) is 13.5. The molecule has 0 aromatic carbocycles. The lowest BCUT2D eigenvalue weighted by atomic mass is 10.1. The number of aliphatic imine (C=N–C) groups is 1. The molecule has 1 unspecified atom stereocenters. The third kappa shape index (κ3) is 7.37. The minimum atomic E-state index is 0.238. The van der Waals surface area contributed by atoms with Crippen molar-refractivity contribution in [3.05, 3.63) is 0 Å². The van der Waals surface area contributed by atoms with E-state index in [1.165, 1.54) is 0 Å². The quantitative estimate of drug-likeness (QED) is 0.572. The van der Waals surface area contributed by atoms with Gasteiger partial charge in [-0.1, -0.05) is 13.8 Å². The number of hydrogen-bond donors (Lipinski definition) is 1. The highest BCUT2D eigenvalue weighted by molar-refractivity contribution is 5.79. The topological polar surface area (TPSA) is 27.6 Å². The second kappa shape index (κ2) is 7.70. The maximum atomic E-state index is 4.58. The molecule has 1 atom stereocenters. The van der Waals surface area contributed by atoms with E-state index in [4.69, 9.17) is 0 Å². The van der Waals surface area contributed by atoms with E-state index in [0.717, 1.165) is 31.9 Å². The zero-order valence-corrected chi connectivity index (χ0v) is 12.8. The minimum absolute atomic E-state index is 0.238. The normalized spacial score (nSPS) is 15.2. The summed E-state index contributed by atoms with van der Waals surface area (Å²) in [7, 11) is 0. The molecule has 1 N–H and O–H groups in total. The van der Waals surface area contributed by atoms with Gasteiger partial charge in [0.1, 0.15) is 0 Å². The molecule has 0 bridgehead atoms. The first kappa shape index (κ1) is 16.4. The number of rotatable bonds is 6. The highest BCUT2D eigenvalue weighted by Crippen LogP contribution is 2.11. The number of nitrogens with zero attached hydrogens (tertiary/aromatic N) is 2. The van der Waals surface area contributed by atoms with Gasteiger partial charge in [-0.15, -0.1) is 0 Å². The summed E-state index contributed by atoms with van der Waals surface area (Å²) in [6.45, 7) is 18.4. The molecular weight excluding hydrogens is 210 g/mol. The van der Waals surface area contributed by atoms with Gasteiger partial charge in [0.25, 0.3) is 0 Å². The van der Waals surface area contributed by atoms with Gasteiger partial charge in [-0.05, 0) is 47.6 Å². The molecule has 0 saturated carbocycles. The molecule has 0 aliphatic carbocycles. The fourth-order valence-electron chi connectivity index (χ4n) is 1.81. The van der Waals surface area contributed by atoms with Crippen LogP contribution in [0.3, 0.4) is 0 Å². The first-order valence-corrected chi connectivity index (χ1v) is 6.83. The molecule has 0 spiro atoms. The monoisotopic (exact) mass is 241 g/mol. The van der Waals surface area contributed by atoms with Crippen LogP contribution in [0.5, 0.6) is 0 Å². The fourth-order valence-corrected chi connectivity index (χ4v) is 1.81. The summed E-state index contributed by atoms with van der Waals surface area (Å²) < 4.78 is 0. The van der Waals surface area contributed by atoms with Crippen LogP contribution >= 0.6 is 0 Å².